The summed E-state index contributed by atoms with van der Waals surface area (Å²) in [5.41, 5.74) is 0. The Labute approximate surface area is 38.9 Å². The smallest absolute Gasteiger partial charge is 0.303 e. The van der Waals surface area contributed by atoms with Gasteiger partial charge in [0.2, 0.25) is 0 Å². The Morgan fingerprint density at radius 2 is 2.50 bits per heavy atom. The lowest BCUT2D eigenvalue weighted by Gasteiger charge is -1.56. The van der Waals surface area contributed by atoms with Gasteiger partial charge in [0.1, 0.15) is 0 Å². The molecule has 5 heteroatoms. The van der Waals surface area contributed by atoms with Gasteiger partial charge in [0.15, 0.2) is 0 Å². The molecule has 6 heavy (non-hydrogen) atoms. The van der Waals surface area contributed by atoms with Crippen molar-refractivity contribution in [1.82, 2.24) is 15.6 Å². The molecule has 0 aliphatic heterocycles. The third-order valence-corrected chi connectivity index (χ3v) is 0.438. The molecule has 0 atom stereocenters. The van der Waals surface area contributed by atoms with Crippen molar-refractivity contribution in [3.63, 3.8) is 0 Å². The number of aromatic nitrogens is 3. The van der Waals surface area contributed by atoms with Gasteiger partial charge in [-0.15, -0.1) is 0 Å². The van der Waals surface area contributed by atoms with Gasteiger partial charge in [-0.05, 0) is 17.8 Å². The van der Waals surface area contributed by atoms with E-state index < -0.39 is 0 Å². The van der Waals surface area contributed by atoms with Crippen LogP contribution < -0.4 is 0 Å². The van der Waals surface area contributed by atoms with Gasteiger partial charge < -0.3 is 4.52 Å². The summed E-state index contributed by atoms with van der Waals surface area (Å²) in [5.74, 6) is 0. The van der Waals surface area contributed by atoms with Crippen molar-refractivity contribution in [1.29, 1.82) is 0 Å². The summed E-state index contributed by atoms with van der Waals surface area (Å²) in [6.07, 6.45) is 0. The van der Waals surface area contributed by atoms with Crippen LogP contribution in [0.2, 0.25) is 0 Å². The van der Waals surface area contributed by atoms with Crippen LogP contribution in [0, 0.1) is 0 Å². The molecule has 31 valence electrons. The van der Waals surface area contributed by atoms with Crippen molar-refractivity contribution in [2.24, 2.45) is 0 Å². The Balaban J connectivity index is 3.05. The molecule has 0 aromatic carbocycles. The fourth-order valence-corrected chi connectivity index (χ4v) is 0.196. The van der Waals surface area contributed by atoms with Crippen molar-refractivity contribution in [3.8, 4) is 0 Å². The van der Waals surface area contributed by atoms with Crippen molar-refractivity contribution < 1.29 is 4.52 Å². The van der Waals surface area contributed by atoms with Gasteiger partial charge in [0, 0.05) is 0 Å². The maximum Gasteiger partial charge on any atom is 0.337 e. The molecular formula is CN3OS. The second-order valence-corrected chi connectivity index (χ2v) is 0.978. The van der Waals surface area contributed by atoms with Crippen LogP contribution in [0.5, 0.6) is 0 Å². The Bertz CT molecular complexity index is 114. The third-order valence-electron chi connectivity index (χ3n) is 0.282. The van der Waals surface area contributed by atoms with Gasteiger partial charge in [0.05, 0.1) is 5.27 Å². The summed E-state index contributed by atoms with van der Waals surface area (Å²) in [4.78, 5) is 0. The zero-order valence-electron chi connectivity index (χ0n) is 2.66. The normalized spacial score (nSPS) is 8.67. The Hall–Kier alpha value is -0.710. The fourth-order valence-electron chi connectivity index (χ4n) is 0.126. The monoisotopic (exact) mass is 102 g/mol. The molecular weight excluding hydrogens is 102 g/mol. The molecule has 0 aliphatic rings. The zero-order valence-corrected chi connectivity index (χ0v) is 3.47. The standard InChI is InChI=1S/CN3OS/c6-1-2-3-4-5-1. The quantitative estimate of drug-likeness (QED) is 0.463. The van der Waals surface area contributed by atoms with Gasteiger partial charge in [-0.25, -0.2) is 0 Å². The zero-order chi connectivity index (χ0) is 4.41. The lowest BCUT2D eigenvalue weighted by Crippen LogP contribution is -1.64. The number of hydrogen-bond donors (Lipinski definition) is 0. The highest BCUT2D eigenvalue weighted by Gasteiger charge is 1.85. The Kier molecular flexibility index (Phi) is 0.681. The molecule has 0 saturated heterocycles. The molecule has 0 bridgehead atoms. The average Bonchev–Trinajstić information content (AvgIpc) is 1.86. The van der Waals surface area contributed by atoms with E-state index in [0.717, 1.165) is 0 Å². The minimum Gasteiger partial charge on any atom is -0.303 e. The molecule has 1 radical (unpaired) electrons. The minimum atomic E-state index is 0.0787. The highest BCUT2D eigenvalue weighted by atomic mass is 32.1. The van der Waals surface area contributed by atoms with E-state index in [4.69, 9.17) is 0 Å². The lowest BCUT2D eigenvalue weighted by molar-refractivity contribution is 0.329. The summed E-state index contributed by atoms with van der Waals surface area (Å²) in [6.45, 7) is 0. The van der Waals surface area contributed by atoms with E-state index in [2.05, 4.69) is 32.7 Å². The third kappa shape index (κ3) is 0.436. The molecule has 0 aliphatic carbocycles. The molecule has 0 spiro atoms. The van der Waals surface area contributed by atoms with Gasteiger partial charge in [-0.3, -0.25) is 0 Å². The first-order valence-corrected chi connectivity index (χ1v) is 1.62. The molecule has 0 unspecified atom stereocenters. The van der Waals surface area contributed by atoms with Crippen LogP contribution in [0.1, 0.15) is 0 Å². The van der Waals surface area contributed by atoms with Gasteiger partial charge >= 0.3 is 5.22 Å². The van der Waals surface area contributed by atoms with E-state index in [-0.39, 0.29) is 5.22 Å². The highest BCUT2D eigenvalue weighted by molar-refractivity contribution is 7.80. The van der Waals surface area contributed by atoms with Crippen molar-refractivity contribution >= 4 is 12.6 Å². The lowest BCUT2D eigenvalue weighted by atomic mass is 11.5. The summed E-state index contributed by atoms with van der Waals surface area (Å²) < 4.78 is 4.18. The van der Waals surface area contributed by atoms with E-state index in [9.17, 15) is 0 Å². The molecule has 0 saturated carbocycles. The average molecular weight is 102 g/mol. The molecule has 4 nitrogen and oxygen atoms in total. The summed E-state index contributed by atoms with van der Waals surface area (Å²) >= 11 is 4.34. The summed E-state index contributed by atoms with van der Waals surface area (Å²) in [6, 6.07) is 0. The second kappa shape index (κ2) is 1.17. The van der Waals surface area contributed by atoms with E-state index in [0.29, 0.717) is 0 Å². The Morgan fingerprint density at radius 1 is 1.67 bits per heavy atom. The number of rotatable bonds is 0. The van der Waals surface area contributed by atoms with E-state index in [1.807, 2.05) is 0 Å². The predicted octanol–water partition coefficient (Wildman–Crippen LogP) is 0.0210. The van der Waals surface area contributed by atoms with E-state index in [1.165, 1.54) is 0 Å². The molecule has 1 aromatic heterocycles. The number of hydrogen-bond acceptors (Lipinski definition) is 4. The van der Waals surface area contributed by atoms with Crippen LogP contribution in [0.3, 0.4) is 0 Å². The van der Waals surface area contributed by atoms with Crippen LogP contribution in [0.25, 0.3) is 0 Å². The maximum absolute atomic E-state index is 4.34. The molecule has 1 rings (SSSR count). The molecule has 1 heterocycles. The van der Waals surface area contributed by atoms with Crippen LogP contribution in [0.15, 0.2) is 9.75 Å². The predicted molar refractivity (Wildman–Crippen MR) is 17.9 cm³/mol. The van der Waals surface area contributed by atoms with Gasteiger partial charge in [0.25, 0.3) is 0 Å². The maximum atomic E-state index is 4.34. The van der Waals surface area contributed by atoms with Crippen LogP contribution in [-0.4, -0.2) is 15.6 Å². The van der Waals surface area contributed by atoms with Crippen LogP contribution >= 0.6 is 12.6 Å². The minimum absolute atomic E-state index is 0.0787. The molecule has 1 aromatic rings. The molecule has 0 N–H and O–H groups in total. The summed E-state index contributed by atoms with van der Waals surface area (Å²) in [7, 11) is 0. The van der Waals surface area contributed by atoms with Crippen LogP contribution in [0.4, 0.5) is 0 Å². The van der Waals surface area contributed by atoms with Crippen LogP contribution in [-0.2, 0) is 0 Å². The largest absolute Gasteiger partial charge is 0.337 e. The molecule has 0 fully saturated rings. The topological polar surface area (TPSA) is 51.8 Å². The van der Waals surface area contributed by atoms with Gasteiger partial charge in [-0.2, -0.15) is 0 Å². The first-order valence-electron chi connectivity index (χ1n) is 1.21. The molecule has 0 amide bonds. The highest BCUT2D eigenvalue weighted by Crippen LogP contribution is 1.90. The first-order chi connectivity index (χ1) is 2.89. The SMILES string of the molecule is [S]c1nnno1. The first kappa shape index (κ1) is 3.48. The van der Waals surface area contributed by atoms with E-state index >= 15 is 0 Å². The summed E-state index contributed by atoms with van der Waals surface area (Å²) in [5, 5.41) is 9.31. The van der Waals surface area contributed by atoms with Crippen molar-refractivity contribution in [2.45, 2.75) is 5.22 Å². The Morgan fingerprint density at radius 3 is 2.67 bits per heavy atom. The number of nitrogens with zero attached hydrogens (tertiary/aromatic N) is 3. The van der Waals surface area contributed by atoms with Crippen molar-refractivity contribution in [3.05, 3.63) is 0 Å². The second-order valence-electron chi connectivity index (χ2n) is 0.628. The van der Waals surface area contributed by atoms with Gasteiger partial charge in [-0.1, -0.05) is 5.10 Å². The van der Waals surface area contributed by atoms with E-state index in [1.54, 1.807) is 0 Å². The fraction of sp³-hybridized carbons (Fsp3) is 0. The van der Waals surface area contributed by atoms with Crippen molar-refractivity contribution in [2.75, 3.05) is 0 Å².